The number of anilines is 1. The molecule has 9 heteroatoms. The standard InChI is InChI=1S/C24H23N3O4S2/c1-2-27-21-13-12-18(16-22(21)32-24(27)29)33(30,31)26-20-11-7-6-10-19(20)23(28)25-15-14-17-8-4-3-5-9-17/h3-13,16,26H,2,14-15H2,1H3,(H,25,28). The van der Waals surface area contributed by atoms with E-state index < -0.39 is 10.0 Å². The lowest BCUT2D eigenvalue weighted by Gasteiger charge is -2.13. The van der Waals surface area contributed by atoms with Gasteiger partial charge >= 0.3 is 4.87 Å². The molecule has 0 aliphatic heterocycles. The van der Waals surface area contributed by atoms with E-state index in [-0.39, 0.29) is 26.9 Å². The van der Waals surface area contributed by atoms with Gasteiger partial charge in [0.25, 0.3) is 15.9 Å². The number of amides is 1. The van der Waals surface area contributed by atoms with E-state index >= 15 is 0 Å². The first kappa shape index (κ1) is 22.8. The van der Waals surface area contributed by atoms with Crippen molar-refractivity contribution in [3.8, 4) is 0 Å². The van der Waals surface area contributed by atoms with Crippen molar-refractivity contribution in [1.29, 1.82) is 0 Å². The number of benzene rings is 3. The van der Waals surface area contributed by atoms with Gasteiger partial charge in [-0.2, -0.15) is 0 Å². The van der Waals surface area contributed by atoms with E-state index in [0.29, 0.717) is 29.7 Å². The second-order valence-electron chi connectivity index (χ2n) is 7.38. The molecule has 0 aliphatic carbocycles. The number of fused-ring (bicyclic) bond motifs is 1. The number of nitrogens with zero attached hydrogens (tertiary/aromatic N) is 1. The number of para-hydroxylation sites is 1. The molecule has 33 heavy (non-hydrogen) atoms. The molecular weight excluding hydrogens is 458 g/mol. The Morgan fingerprint density at radius 3 is 2.48 bits per heavy atom. The summed E-state index contributed by atoms with van der Waals surface area (Å²) in [7, 11) is -3.97. The van der Waals surface area contributed by atoms with Crippen LogP contribution in [0, 0.1) is 0 Å². The minimum Gasteiger partial charge on any atom is -0.352 e. The fourth-order valence-electron chi connectivity index (χ4n) is 3.55. The van der Waals surface area contributed by atoms with Crippen LogP contribution in [0.3, 0.4) is 0 Å². The summed E-state index contributed by atoms with van der Waals surface area (Å²) in [4.78, 5) is 24.7. The normalized spacial score (nSPS) is 11.4. The topological polar surface area (TPSA) is 97.3 Å². The second-order valence-corrected chi connectivity index (χ2v) is 10.1. The number of carbonyl (C=O) groups is 1. The molecule has 0 fully saturated rings. The highest BCUT2D eigenvalue weighted by Gasteiger charge is 2.20. The van der Waals surface area contributed by atoms with E-state index in [9.17, 15) is 18.0 Å². The summed E-state index contributed by atoms with van der Waals surface area (Å²) >= 11 is 1.01. The Bertz CT molecular complexity index is 1460. The maximum absolute atomic E-state index is 13.1. The molecule has 3 aromatic carbocycles. The van der Waals surface area contributed by atoms with Gasteiger partial charge in [0.05, 0.1) is 26.4 Å². The molecule has 0 aliphatic rings. The molecule has 4 rings (SSSR count). The Labute approximate surface area is 195 Å². The molecular formula is C24H23N3O4S2. The number of carbonyl (C=O) groups excluding carboxylic acids is 1. The van der Waals surface area contributed by atoms with Crippen molar-refractivity contribution < 1.29 is 13.2 Å². The summed E-state index contributed by atoms with van der Waals surface area (Å²) < 4.78 is 30.8. The van der Waals surface area contributed by atoms with Gasteiger partial charge in [-0.05, 0) is 49.2 Å². The Balaban J connectivity index is 1.53. The second kappa shape index (κ2) is 9.60. The number of sulfonamides is 1. The summed E-state index contributed by atoms with van der Waals surface area (Å²) in [6, 6.07) is 20.8. The van der Waals surface area contributed by atoms with Crippen LogP contribution >= 0.6 is 11.3 Å². The number of hydrogen-bond acceptors (Lipinski definition) is 5. The number of hydrogen-bond donors (Lipinski definition) is 2. The molecule has 0 spiro atoms. The number of nitrogens with one attached hydrogen (secondary N) is 2. The van der Waals surface area contributed by atoms with Crippen LogP contribution in [0.5, 0.6) is 0 Å². The van der Waals surface area contributed by atoms with Crippen molar-refractivity contribution in [2.24, 2.45) is 0 Å². The maximum atomic E-state index is 13.1. The van der Waals surface area contributed by atoms with Gasteiger partial charge in [-0.1, -0.05) is 53.8 Å². The highest BCUT2D eigenvalue weighted by Crippen LogP contribution is 2.25. The minimum absolute atomic E-state index is 0.0267. The molecule has 0 unspecified atom stereocenters. The van der Waals surface area contributed by atoms with Gasteiger partial charge in [-0.15, -0.1) is 0 Å². The van der Waals surface area contributed by atoms with Gasteiger partial charge in [-0.25, -0.2) is 8.42 Å². The first-order valence-corrected chi connectivity index (χ1v) is 12.8. The Morgan fingerprint density at radius 1 is 1.00 bits per heavy atom. The fraction of sp³-hybridized carbons (Fsp3) is 0.167. The number of aryl methyl sites for hydroxylation is 1. The maximum Gasteiger partial charge on any atom is 0.308 e. The van der Waals surface area contributed by atoms with Crippen LogP contribution in [0.2, 0.25) is 0 Å². The van der Waals surface area contributed by atoms with E-state index in [0.717, 1.165) is 16.9 Å². The summed E-state index contributed by atoms with van der Waals surface area (Å²) in [6.07, 6.45) is 0.667. The molecule has 2 N–H and O–H groups in total. The predicted molar refractivity (Wildman–Crippen MR) is 131 cm³/mol. The van der Waals surface area contributed by atoms with Gasteiger partial charge in [-0.3, -0.25) is 18.9 Å². The average molecular weight is 482 g/mol. The molecule has 170 valence electrons. The summed E-state index contributed by atoms with van der Waals surface area (Å²) in [5.74, 6) is -0.363. The Morgan fingerprint density at radius 2 is 1.73 bits per heavy atom. The van der Waals surface area contributed by atoms with Crippen molar-refractivity contribution in [2.45, 2.75) is 24.8 Å². The molecule has 0 saturated carbocycles. The van der Waals surface area contributed by atoms with Gasteiger partial charge in [0.15, 0.2) is 0 Å². The fourth-order valence-corrected chi connectivity index (χ4v) is 5.72. The summed E-state index contributed by atoms with van der Waals surface area (Å²) in [6.45, 7) is 2.80. The molecule has 4 aromatic rings. The van der Waals surface area contributed by atoms with Gasteiger partial charge in [0.1, 0.15) is 0 Å². The first-order chi connectivity index (χ1) is 15.9. The average Bonchev–Trinajstić information content (AvgIpc) is 3.14. The van der Waals surface area contributed by atoms with Gasteiger partial charge in [0, 0.05) is 13.1 Å². The molecule has 7 nitrogen and oxygen atoms in total. The molecule has 1 aromatic heterocycles. The van der Waals surface area contributed by atoms with E-state index in [1.54, 1.807) is 34.9 Å². The lowest BCUT2D eigenvalue weighted by molar-refractivity contribution is 0.0955. The van der Waals surface area contributed by atoms with Crippen LogP contribution in [0.4, 0.5) is 5.69 Å². The zero-order valence-corrected chi connectivity index (χ0v) is 19.6. The van der Waals surface area contributed by atoms with E-state index in [1.165, 1.54) is 12.1 Å². The van der Waals surface area contributed by atoms with Crippen LogP contribution in [0.25, 0.3) is 10.2 Å². The quantitative estimate of drug-likeness (QED) is 0.399. The van der Waals surface area contributed by atoms with E-state index in [1.807, 2.05) is 37.3 Å². The first-order valence-electron chi connectivity index (χ1n) is 10.5. The van der Waals surface area contributed by atoms with Gasteiger partial charge in [0.2, 0.25) is 0 Å². The summed E-state index contributed by atoms with van der Waals surface area (Å²) in [5, 5.41) is 2.84. The lowest BCUT2D eigenvalue weighted by atomic mass is 10.1. The van der Waals surface area contributed by atoms with Crippen LogP contribution in [-0.4, -0.2) is 25.4 Å². The van der Waals surface area contributed by atoms with E-state index in [4.69, 9.17) is 0 Å². The highest BCUT2D eigenvalue weighted by atomic mass is 32.2. The largest absolute Gasteiger partial charge is 0.352 e. The third kappa shape index (κ3) is 4.99. The van der Waals surface area contributed by atoms with Gasteiger partial charge < -0.3 is 5.32 Å². The molecule has 0 radical (unpaired) electrons. The zero-order valence-electron chi connectivity index (χ0n) is 17.9. The number of thiazole rings is 1. The molecule has 1 amide bonds. The lowest BCUT2D eigenvalue weighted by Crippen LogP contribution is -2.27. The summed E-state index contributed by atoms with van der Waals surface area (Å²) in [5.41, 5.74) is 2.22. The van der Waals surface area contributed by atoms with Crippen molar-refractivity contribution in [3.05, 3.63) is 93.6 Å². The monoisotopic (exact) mass is 481 g/mol. The third-order valence-electron chi connectivity index (χ3n) is 5.22. The third-order valence-corrected chi connectivity index (χ3v) is 7.53. The highest BCUT2D eigenvalue weighted by molar-refractivity contribution is 7.92. The SMILES string of the molecule is CCn1c(=O)sc2cc(S(=O)(=O)Nc3ccccc3C(=O)NCCc3ccccc3)ccc21. The van der Waals surface area contributed by atoms with Crippen LogP contribution in [0.1, 0.15) is 22.8 Å². The van der Waals surface area contributed by atoms with Crippen molar-refractivity contribution in [3.63, 3.8) is 0 Å². The van der Waals surface area contributed by atoms with Crippen molar-refractivity contribution >= 4 is 43.2 Å². The van der Waals surface area contributed by atoms with E-state index in [2.05, 4.69) is 10.0 Å². The Kier molecular flexibility index (Phi) is 6.62. The molecule has 0 bridgehead atoms. The number of aromatic nitrogens is 1. The van der Waals surface area contributed by atoms with Crippen molar-refractivity contribution in [2.75, 3.05) is 11.3 Å². The Hall–Kier alpha value is -3.43. The van der Waals surface area contributed by atoms with Crippen LogP contribution in [-0.2, 0) is 23.0 Å². The minimum atomic E-state index is -3.97. The molecule has 1 heterocycles. The van der Waals surface area contributed by atoms with Crippen LogP contribution < -0.4 is 14.9 Å². The molecule has 0 atom stereocenters. The zero-order chi connectivity index (χ0) is 23.4. The predicted octanol–water partition coefficient (Wildman–Crippen LogP) is 3.86. The smallest absolute Gasteiger partial charge is 0.308 e. The molecule has 0 saturated heterocycles. The van der Waals surface area contributed by atoms with Crippen molar-refractivity contribution in [1.82, 2.24) is 9.88 Å². The van der Waals surface area contributed by atoms with Crippen LogP contribution in [0.15, 0.2) is 82.5 Å². The number of rotatable bonds is 8.